The van der Waals surface area contributed by atoms with Crippen LogP contribution in [0, 0.1) is 11.6 Å². The lowest BCUT2D eigenvalue weighted by Gasteiger charge is -2.14. The Hall–Kier alpha value is -7.26. The molecule has 2 aliphatic carbocycles. The van der Waals surface area contributed by atoms with Crippen molar-refractivity contribution >= 4 is 22.1 Å². The van der Waals surface area contributed by atoms with E-state index >= 15 is 0 Å². The molecule has 2 atom stereocenters. The van der Waals surface area contributed by atoms with Gasteiger partial charge in [0, 0.05) is 48.5 Å². The van der Waals surface area contributed by atoms with Crippen LogP contribution in [-0.2, 0) is 25.2 Å². The number of nitrogens with one attached hydrogen (secondary N) is 2. The zero-order chi connectivity index (χ0) is 46.7. The Morgan fingerprint density at radius 1 is 0.576 bits per heavy atom. The van der Waals surface area contributed by atoms with Crippen molar-refractivity contribution in [2.24, 2.45) is 0 Å². The summed E-state index contributed by atoms with van der Waals surface area (Å²) >= 11 is 0. The first-order chi connectivity index (χ1) is 31.4. The van der Waals surface area contributed by atoms with Gasteiger partial charge in [-0.25, -0.2) is 28.1 Å². The van der Waals surface area contributed by atoms with E-state index in [1.54, 1.807) is 23.2 Å². The molecule has 0 spiro atoms. The maximum Gasteiger partial charge on any atom is 0.433 e. The molecule has 2 fully saturated rings. The topological polar surface area (TPSA) is 179 Å². The first-order valence-corrected chi connectivity index (χ1v) is 20.7. The molecule has 14 nitrogen and oxygen atoms in total. The van der Waals surface area contributed by atoms with Crippen LogP contribution in [0.3, 0.4) is 0 Å². The molecule has 0 saturated heterocycles. The molecule has 0 radical (unpaired) electrons. The van der Waals surface area contributed by atoms with Gasteiger partial charge in [0.1, 0.15) is 45.4 Å². The summed E-state index contributed by atoms with van der Waals surface area (Å²) < 4.78 is 107. The van der Waals surface area contributed by atoms with E-state index in [0.717, 1.165) is 62.6 Å². The van der Waals surface area contributed by atoms with E-state index in [0.29, 0.717) is 67.6 Å². The standard InChI is InChI=1S/2C22H18F4N6O/c2*1-11(13-4-7-16(28-9-13)22(24,25)26)32-20-18(19(31-32)12-2-3-12)21(33)30-17(29-20)8-15-6-5-14(23)10-27-15/h2*4-7,9-12H,2-3,8H2,1H3,(H,29,30,33)/t2*11-/m10/s1. The lowest BCUT2D eigenvalue weighted by atomic mass is 10.1. The number of nitrogens with zero attached hydrogens (tertiary/aromatic N) is 10. The van der Waals surface area contributed by atoms with Gasteiger partial charge >= 0.3 is 12.4 Å². The molecule has 22 heteroatoms. The summed E-state index contributed by atoms with van der Waals surface area (Å²) in [4.78, 5) is 55.7. The number of rotatable bonds is 10. The van der Waals surface area contributed by atoms with Crippen LogP contribution >= 0.6 is 0 Å². The van der Waals surface area contributed by atoms with Crippen LogP contribution in [0.25, 0.3) is 22.1 Å². The average Bonchev–Trinajstić information content (AvgIpc) is 4.23. The molecule has 0 aliphatic heterocycles. The molecular weight excluding hydrogens is 881 g/mol. The summed E-state index contributed by atoms with van der Waals surface area (Å²) in [5.41, 5.74) is 1.34. The van der Waals surface area contributed by atoms with Crippen LogP contribution < -0.4 is 11.1 Å². The molecule has 66 heavy (non-hydrogen) atoms. The summed E-state index contributed by atoms with van der Waals surface area (Å²) in [5, 5.41) is 10.0. The maximum atomic E-state index is 13.2. The second kappa shape index (κ2) is 16.9. The number of pyridine rings is 4. The second-order valence-electron chi connectivity index (χ2n) is 16.2. The van der Waals surface area contributed by atoms with Crippen molar-refractivity contribution in [1.82, 2.24) is 59.4 Å². The summed E-state index contributed by atoms with van der Waals surface area (Å²) in [5.74, 6) is 0.0163. The highest BCUT2D eigenvalue weighted by atomic mass is 19.4. The number of alkyl halides is 6. The Morgan fingerprint density at radius 3 is 1.27 bits per heavy atom. The van der Waals surface area contributed by atoms with Gasteiger partial charge in [-0.05, 0) is 87.1 Å². The summed E-state index contributed by atoms with van der Waals surface area (Å²) in [7, 11) is 0. The molecule has 0 bridgehead atoms. The molecule has 0 aromatic carbocycles. The number of H-pyrrole nitrogens is 2. The number of halogens is 8. The van der Waals surface area contributed by atoms with Crippen LogP contribution in [-0.4, -0.2) is 59.4 Å². The van der Waals surface area contributed by atoms with E-state index in [2.05, 4.69) is 50.1 Å². The molecule has 2 saturated carbocycles. The fraction of sp³-hybridized carbons (Fsp3) is 0.318. The number of fused-ring (bicyclic) bond motifs is 2. The van der Waals surface area contributed by atoms with E-state index in [4.69, 9.17) is 0 Å². The Kier molecular flexibility index (Phi) is 11.3. The quantitative estimate of drug-likeness (QED) is 0.127. The van der Waals surface area contributed by atoms with E-state index < -0.39 is 47.5 Å². The van der Waals surface area contributed by atoms with Gasteiger partial charge < -0.3 is 9.97 Å². The van der Waals surface area contributed by atoms with E-state index in [1.807, 2.05) is 0 Å². The summed E-state index contributed by atoms with van der Waals surface area (Å²) in [6.07, 6.45) is -0.602. The minimum absolute atomic E-state index is 0.152. The Labute approximate surface area is 367 Å². The molecule has 0 amide bonds. The zero-order valence-electron chi connectivity index (χ0n) is 34.8. The molecule has 0 unspecified atom stereocenters. The van der Waals surface area contributed by atoms with E-state index in [9.17, 15) is 44.7 Å². The van der Waals surface area contributed by atoms with Gasteiger partial charge in [-0.2, -0.15) is 36.5 Å². The average molecular weight is 917 g/mol. The summed E-state index contributed by atoms with van der Waals surface area (Å²) in [6, 6.07) is 9.06. The molecule has 2 aliphatic rings. The third-order valence-corrected chi connectivity index (χ3v) is 11.3. The predicted octanol–water partition coefficient (Wildman–Crippen LogP) is 8.29. The Bertz CT molecular complexity index is 2960. The van der Waals surface area contributed by atoms with Crippen LogP contribution in [0.1, 0.15) is 120 Å². The molecule has 8 aromatic heterocycles. The van der Waals surface area contributed by atoms with Crippen molar-refractivity contribution in [2.45, 2.75) is 88.6 Å². The van der Waals surface area contributed by atoms with Crippen molar-refractivity contribution in [3.8, 4) is 0 Å². The SMILES string of the molecule is C[C@@H](c1ccc(C(F)(F)F)nc1)n1nc(C2CC2)c2c(=O)[nH]c(Cc3ccc(F)cn3)nc21.C[C@H](c1ccc(C(F)(F)F)nc1)n1nc(C2CC2)c2c(=O)[nH]c(Cc3ccc(F)cn3)nc21. The molecule has 8 heterocycles. The molecular formula is C44H36F8N12O2. The van der Waals surface area contributed by atoms with Crippen LogP contribution in [0.2, 0.25) is 0 Å². The molecule has 2 N–H and O–H groups in total. The third kappa shape index (κ3) is 9.16. The number of aromatic nitrogens is 12. The van der Waals surface area contributed by atoms with Crippen LogP contribution in [0.5, 0.6) is 0 Å². The number of aromatic amines is 2. The van der Waals surface area contributed by atoms with Crippen molar-refractivity contribution in [2.75, 3.05) is 0 Å². The van der Waals surface area contributed by atoms with Crippen molar-refractivity contribution in [1.29, 1.82) is 0 Å². The fourth-order valence-corrected chi connectivity index (χ4v) is 7.51. The third-order valence-electron chi connectivity index (χ3n) is 11.3. The van der Waals surface area contributed by atoms with Crippen molar-refractivity contribution < 1.29 is 35.1 Å². The van der Waals surface area contributed by atoms with Gasteiger partial charge in [-0.15, -0.1) is 0 Å². The van der Waals surface area contributed by atoms with Crippen LogP contribution in [0.15, 0.2) is 82.9 Å². The van der Waals surface area contributed by atoms with E-state index in [-0.39, 0.29) is 35.8 Å². The highest BCUT2D eigenvalue weighted by Crippen LogP contribution is 2.43. The largest absolute Gasteiger partial charge is 0.433 e. The minimum Gasteiger partial charge on any atom is -0.310 e. The van der Waals surface area contributed by atoms with Crippen LogP contribution in [0.4, 0.5) is 35.1 Å². The molecule has 8 aromatic rings. The first-order valence-electron chi connectivity index (χ1n) is 20.7. The van der Waals surface area contributed by atoms with Gasteiger partial charge in [-0.3, -0.25) is 29.5 Å². The Morgan fingerprint density at radius 2 is 0.970 bits per heavy atom. The van der Waals surface area contributed by atoms with Gasteiger partial charge in [0.05, 0.1) is 35.9 Å². The van der Waals surface area contributed by atoms with Crippen molar-refractivity contribution in [3.05, 3.63) is 163 Å². The van der Waals surface area contributed by atoms with Gasteiger partial charge in [-0.1, -0.05) is 12.1 Å². The summed E-state index contributed by atoms with van der Waals surface area (Å²) in [6.45, 7) is 3.52. The lowest BCUT2D eigenvalue weighted by molar-refractivity contribution is -0.142. The number of hydrogen-bond donors (Lipinski definition) is 2. The lowest BCUT2D eigenvalue weighted by Crippen LogP contribution is -2.16. The zero-order valence-corrected chi connectivity index (χ0v) is 34.8. The highest BCUT2D eigenvalue weighted by molar-refractivity contribution is 5.79. The van der Waals surface area contributed by atoms with Gasteiger partial charge in [0.15, 0.2) is 11.3 Å². The predicted molar refractivity (Wildman–Crippen MR) is 220 cm³/mol. The smallest absolute Gasteiger partial charge is 0.310 e. The number of hydrogen-bond acceptors (Lipinski definition) is 10. The molecule has 340 valence electrons. The molecule has 10 rings (SSSR count). The van der Waals surface area contributed by atoms with Gasteiger partial charge in [0.25, 0.3) is 11.1 Å². The van der Waals surface area contributed by atoms with Crippen molar-refractivity contribution in [3.63, 3.8) is 0 Å². The highest BCUT2D eigenvalue weighted by Gasteiger charge is 2.36. The van der Waals surface area contributed by atoms with E-state index in [1.165, 1.54) is 36.4 Å². The fourth-order valence-electron chi connectivity index (χ4n) is 7.51. The normalized spacial score (nSPS) is 15.2. The second-order valence-corrected chi connectivity index (χ2v) is 16.2. The van der Waals surface area contributed by atoms with Gasteiger partial charge in [0.2, 0.25) is 0 Å². The minimum atomic E-state index is -4.53. The maximum absolute atomic E-state index is 13.2. The monoisotopic (exact) mass is 916 g/mol. The Balaban J connectivity index is 0.000000166. The first kappa shape index (κ1) is 44.0.